The van der Waals surface area contributed by atoms with Gasteiger partial charge >= 0.3 is 0 Å². The maximum absolute atomic E-state index is 13.0. The Morgan fingerprint density at radius 1 is 1.20 bits per heavy atom. The van der Waals surface area contributed by atoms with Crippen molar-refractivity contribution in [2.75, 3.05) is 7.05 Å². The fraction of sp³-hybridized carbons (Fsp3) is 0.188. The molecule has 4 heteroatoms. The highest BCUT2D eigenvalue weighted by molar-refractivity contribution is 5.99. The zero-order valence-corrected chi connectivity index (χ0v) is 11.7. The quantitative estimate of drug-likeness (QED) is 0.910. The van der Waals surface area contributed by atoms with Crippen molar-refractivity contribution in [3.8, 4) is 11.3 Å². The molecule has 3 nitrogen and oxygen atoms in total. The molecule has 1 amide bonds. The molecule has 0 atom stereocenters. The molecule has 104 valence electrons. The maximum Gasteiger partial charge on any atom is 0.255 e. The van der Waals surface area contributed by atoms with Crippen molar-refractivity contribution in [3.05, 3.63) is 46.3 Å². The predicted octanol–water partition coefficient (Wildman–Crippen LogP) is 2.05. The van der Waals surface area contributed by atoms with Crippen molar-refractivity contribution in [3.63, 3.8) is 0 Å². The summed E-state index contributed by atoms with van der Waals surface area (Å²) in [6.45, 7) is 3.69. The summed E-state index contributed by atoms with van der Waals surface area (Å²) in [5.41, 5.74) is 1.77. The van der Waals surface area contributed by atoms with Crippen LogP contribution in [0.5, 0.6) is 0 Å². The summed E-state index contributed by atoms with van der Waals surface area (Å²) in [6.07, 6.45) is 3.63. The summed E-state index contributed by atoms with van der Waals surface area (Å²) in [5.74, 6) is -0.105. The van der Waals surface area contributed by atoms with Crippen LogP contribution in [0.15, 0.2) is 28.7 Å². The maximum atomic E-state index is 13.0. The molecule has 20 heavy (non-hydrogen) atoms. The van der Waals surface area contributed by atoms with Crippen LogP contribution in [0.25, 0.3) is 23.5 Å². The van der Waals surface area contributed by atoms with E-state index in [-0.39, 0.29) is 11.7 Å². The number of benzene rings is 1. The molecule has 0 saturated heterocycles. The van der Waals surface area contributed by atoms with Gasteiger partial charge in [0.15, 0.2) is 0 Å². The van der Waals surface area contributed by atoms with Crippen molar-refractivity contribution in [2.45, 2.75) is 13.8 Å². The van der Waals surface area contributed by atoms with Crippen LogP contribution >= 0.6 is 0 Å². The molecule has 0 spiro atoms. The van der Waals surface area contributed by atoms with Gasteiger partial charge in [0.05, 0.1) is 5.56 Å². The largest absolute Gasteiger partial charge is 0.456 e. The second-order valence-electron chi connectivity index (χ2n) is 4.25. The first kappa shape index (κ1) is 14.1. The first-order valence-corrected chi connectivity index (χ1v) is 6.35. The number of hydrogen-bond acceptors (Lipinski definition) is 2. The van der Waals surface area contributed by atoms with E-state index in [0.717, 1.165) is 5.22 Å². The van der Waals surface area contributed by atoms with Gasteiger partial charge in [-0.1, -0.05) is 6.08 Å². The van der Waals surface area contributed by atoms with E-state index in [2.05, 4.69) is 5.32 Å². The number of amides is 1. The van der Waals surface area contributed by atoms with E-state index in [0.29, 0.717) is 22.3 Å². The third-order valence-corrected chi connectivity index (χ3v) is 3.09. The van der Waals surface area contributed by atoms with Crippen LogP contribution < -0.4 is 16.0 Å². The predicted molar refractivity (Wildman–Crippen MR) is 77.0 cm³/mol. The Bertz CT molecular complexity index is 742. The van der Waals surface area contributed by atoms with E-state index in [4.69, 9.17) is 4.42 Å². The fourth-order valence-electron chi connectivity index (χ4n) is 2.12. The number of carbonyl (C=O) groups is 1. The van der Waals surface area contributed by atoms with Gasteiger partial charge in [-0.3, -0.25) is 4.79 Å². The number of carbonyl (C=O) groups excluding carboxylic acids is 1. The van der Waals surface area contributed by atoms with Crippen LogP contribution in [0.1, 0.15) is 24.2 Å². The van der Waals surface area contributed by atoms with Crippen molar-refractivity contribution >= 4 is 18.1 Å². The van der Waals surface area contributed by atoms with Gasteiger partial charge in [-0.25, -0.2) is 4.39 Å². The molecule has 1 N–H and O–H groups in total. The molecule has 1 aromatic heterocycles. The third-order valence-electron chi connectivity index (χ3n) is 3.09. The molecule has 0 unspecified atom stereocenters. The summed E-state index contributed by atoms with van der Waals surface area (Å²) >= 11 is 0. The highest BCUT2D eigenvalue weighted by Crippen LogP contribution is 2.21. The third kappa shape index (κ3) is 2.37. The minimum Gasteiger partial charge on any atom is -0.456 e. The molecule has 0 bridgehead atoms. The van der Waals surface area contributed by atoms with Gasteiger partial charge in [0.25, 0.3) is 5.91 Å². The molecule has 2 rings (SSSR count). The minimum atomic E-state index is -0.327. The van der Waals surface area contributed by atoms with Crippen molar-refractivity contribution in [1.82, 2.24) is 5.32 Å². The molecule has 1 aromatic carbocycles. The number of halogens is 1. The Hall–Kier alpha value is -2.36. The molecular formula is C16H16FNO2. The van der Waals surface area contributed by atoms with Gasteiger partial charge in [0, 0.05) is 17.8 Å². The molecule has 2 aromatic rings. The molecule has 0 radical (unpaired) electrons. The zero-order chi connectivity index (χ0) is 14.7. The standard InChI is InChI=1S/C16H16FNO2/c1-4-12-13(5-2)20-15(14(12)16(19)18-3)10-6-8-11(17)9-7-10/h4-9H,1-3H3,(H,18,19)/b12-4+,13-5+. The Morgan fingerprint density at radius 2 is 1.85 bits per heavy atom. The van der Waals surface area contributed by atoms with Crippen molar-refractivity contribution in [1.29, 1.82) is 0 Å². The molecule has 0 aliphatic carbocycles. The fourth-order valence-corrected chi connectivity index (χ4v) is 2.12. The smallest absolute Gasteiger partial charge is 0.255 e. The first-order valence-electron chi connectivity index (χ1n) is 6.35. The lowest BCUT2D eigenvalue weighted by Gasteiger charge is -2.01. The lowest BCUT2D eigenvalue weighted by molar-refractivity contribution is 0.0962. The second kappa shape index (κ2) is 5.74. The van der Waals surface area contributed by atoms with Gasteiger partial charge in [0.1, 0.15) is 17.0 Å². The van der Waals surface area contributed by atoms with Gasteiger partial charge < -0.3 is 9.73 Å². The highest BCUT2D eigenvalue weighted by atomic mass is 19.1. The average Bonchev–Trinajstić information content (AvgIpc) is 2.85. The Morgan fingerprint density at radius 3 is 2.35 bits per heavy atom. The van der Waals surface area contributed by atoms with E-state index >= 15 is 0 Å². The van der Waals surface area contributed by atoms with E-state index in [1.807, 2.05) is 19.9 Å². The summed E-state index contributed by atoms with van der Waals surface area (Å²) in [4.78, 5) is 12.1. The zero-order valence-electron chi connectivity index (χ0n) is 11.7. The SMILES string of the molecule is C/C=c1/c(C(=O)NC)c(-c2ccc(F)cc2)o/c1=C/C. The summed E-state index contributed by atoms with van der Waals surface area (Å²) in [5, 5.41) is 3.35. The number of nitrogens with one attached hydrogen (secondary N) is 1. The second-order valence-corrected chi connectivity index (χ2v) is 4.25. The van der Waals surface area contributed by atoms with Crippen LogP contribution in [-0.2, 0) is 0 Å². The summed E-state index contributed by atoms with van der Waals surface area (Å²) in [6, 6.07) is 5.88. The molecule has 1 heterocycles. The lowest BCUT2D eigenvalue weighted by Crippen LogP contribution is -2.30. The van der Waals surface area contributed by atoms with E-state index < -0.39 is 0 Å². The normalized spacial score (nSPS) is 12.8. The van der Waals surface area contributed by atoms with E-state index in [1.165, 1.54) is 12.1 Å². The number of furan rings is 1. The van der Waals surface area contributed by atoms with Crippen LogP contribution in [0, 0.1) is 5.82 Å². The average molecular weight is 273 g/mol. The molecule has 0 aliphatic rings. The highest BCUT2D eigenvalue weighted by Gasteiger charge is 2.18. The first-order chi connectivity index (χ1) is 9.62. The van der Waals surface area contributed by atoms with Crippen LogP contribution in [-0.4, -0.2) is 13.0 Å². The molecule has 0 aliphatic heterocycles. The Labute approximate surface area is 116 Å². The van der Waals surface area contributed by atoms with E-state index in [9.17, 15) is 9.18 Å². The minimum absolute atomic E-state index is 0.228. The van der Waals surface area contributed by atoms with Gasteiger partial charge in [-0.05, 0) is 44.2 Å². The van der Waals surface area contributed by atoms with Crippen LogP contribution in [0.3, 0.4) is 0 Å². The van der Waals surface area contributed by atoms with Gasteiger partial charge in [0.2, 0.25) is 0 Å². The van der Waals surface area contributed by atoms with Crippen molar-refractivity contribution in [2.24, 2.45) is 0 Å². The van der Waals surface area contributed by atoms with Crippen LogP contribution in [0.4, 0.5) is 4.39 Å². The monoisotopic (exact) mass is 273 g/mol. The Kier molecular flexibility index (Phi) is 4.03. The molecule has 0 fully saturated rings. The van der Waals surface area contributed by atoms with Gasteiger partial charge in [-0.2, -0.15) is 0 Å². The molecule has 0 saturated carbocycles. The van der Waals surface area contributed by atoms with Crippen molar-refractivity contribution < 1.29 is 13.6 Å². The lowest BCUT2D eigenvalue weighted by atomic mass is 10.1. The van der Waals surface area contributed by atoms with Crippen LogP contribution in [0.2, 0.25) is 0 Å². The van der Waals surface area contributed by atoms with Gasteiger partial charge in [-0.15, -0.1) is 0 Å². The van der Waals surface area contributed by atoms with E-state index in [1.54, 1.807) is 25.3 Å². The summed E-state index contributed by atoms with van der Waals surface area (Å²) < 4.78 is 18.8. The Balaban J connectivity index is 2.79. The summed E-state index contributed by atoms with van der Waals surface area (Å²) in [7, 11) is 1.57. The topological polar surface area (TPSA) is 42.2 Å². The number of hydrogen-bond donors (Lipinski definition) is 1. The molecular weight excluding hydrogens is 257 g/mol. The number of rotatable bonds is 2.